The lowest BCUT2D eigenvalue weighted by Crippen LogP contribution is -2.43. The molecule has 1 N–H and O–H groups in total. The highest BCUT2D eigenvalue weighted by molar-refractivity contribution is 6.31. The molecule has 0 radical (unpaired) electrons. The van der Waals surface area contributed by atoms with Crippen molar-refractivity contribution < 1.29 is 14.6 Å². The summed E-state index contributed by atoms with van der Waals surface area (Å²) in [5.74, 6) is -0.158. The minimum atomic E-state index is -1.91. The van der Waals surface area contributed by atoms with Crippen LogP contribution in [0.25, 0.3) is 0 Å². The second-order valence-corrected chi connectivity index (χ2v) is 6.23. The Morgan fingerprint density at radius 3 is 2.72 bits per heavy atom. The van der Waals surface area contributed by atoms with Crippen molar-refractivity contribution in [1.29, 1.82) is 0 Å². The molecule has 0 bridgehead atoms. The van der Waals surface area contributed by atoms with Crippen LogP contribution in [0.3, 0.4) is 0 Å². The largest absolute Gasteiger partial charge is 0.462 e. The maximum absolute atomic E-state index is 12.2. The maximum Gasteiger partial charge on any atom is 0.363 e. The predicted octanol–water partition coefficient (Wildman–Crippen LogP) is 3.05. The number of aliphatic imine (C=N–C) groups is 1. The molecule has 0 amide bonds. The fraction of sp³-hybridized carbons (Fsp3) is 0.263. The molecule has 1 unspecified atom stereocenters. The van der Waals surface area contributed by atoms with Crippen LogP contribution < -0.4 is 4.90 Å². The van der Waals surface area contributed by atoms with Gasteiger partial charge < -0.3 is 14.7 Å². The molecule has 0 saturated heterocycles. The van der Waals surface area contributed by atoms with Gasteiger partial charge in [-0.3, -0.25) is 0 Å². The van der Waals surface area contributed by atoms with E-state index < -0.39 is 11.7 Å². The van der Waals surface area contributed by atoms with E-state index in [2.05, 4.69) is 4.99 Å². The van der Waals surface area contributed by atoms with Gasteiger partial charge in [-0.05, 0) is 30.7 Å². The highest BCUT2D eigenvalue weighted by Gasteiger charge is 2.45. The first-order valence-corrected chi connectivity index (χ1v) is 8.45. The van der Waals surface area contributed by atoms with Crippen molar-refractivity contribution >= 4 is 29.1 Å². The molecule has 1 aliphatic heterocycles. The Labute approximate surface area is 151 Å². The number of rotatable bonds is 5. The highest BCUT2D eigenvalue weighted by atomic mass is 35.5. The molecule has 5 nitrogen and oxygen atoms in total. The second kappa shape index (κ2) is 7.25. The van der Waals surface area contributed by atoms with E-state index in [1.54, 1.807) is 24.0 Å². The number of benzene rings is 2. The molecule has 1 heterocycles. The van der Waals surface area contributed by atoms with Crippen molar-refractivity contribution in [1.82, 2.24) is 0 Å². The summed E-state index contributed by atoms with van der Waals surface area (Å²) in [6, 6.07) is 17.0. The fourth-order valence-electron chi connectivity index (χ4n) is 2.78. The molecule has 1 atom stereocenters. The van der Waals surface area contributed by atoms with Crippen LogP contribution >= 0.6 is 11.6 Å². The molecule has 0 aromatic heterocycles. The molecule has 1 aliphatic rings. The molecular formula is C19H19ClN2O3. The van der Waals surface area contributed by atoms with Crippen molar-refractivity contribution in [3.63, 3.8) is 0 Å². The number of anilines is 1. The number of aliphatic hydroxyl groups is 1. The average molecular weight is 359 g/mol. The van der Waals surface area contributed by atoms with Gasteiger partial charge in [-0.15, -0.1) is 0 Å². The van der Waals surface area contributed by atoms with E-state index in [0.717, 1.165) is 11.3 Å². The zero-order valence-corrected chi connectivity index (χ0v) is 14.6. The number of β-amino-alcohol motifs (C(OH)–C–C–N with tert-alkyl or cyclic N) is 1. The van der Waals surface area contributed by atoms with Gasteiger partial charge in [0.05, 0.1) is 13.2 Å². The molecule has 6 heteroatoms. The van der Waals surface area contributed by atoms with Crippen molar-refractivity contribution in [2.75, 3.05) is 18.1 Å². The van der Waals surface area contributed by atoms with Crippen LogP contribution in [0.4, 0.5) is 5.69 Å². The predicted molar refractivity (Wildman–Crippen MR) is 98.0 cm³/mol. The van der Waals surface area contributed by atoms with Crippen LogP contribution in [0.2, 0.25) is 5.02 Å². The summed E-state index contributed by atoms with van der Waals surface area (Å²) in [5.41, 5.74) is -0.119. The number of esters is 1. The summed E-state index contributed by atoms with van der Waals surface area (Å²) in [6.45, 7) is 1.87. The van der Waals surface area contributed by atoms with Crippen LogP contribution in [-0.2, 0) is 16.0 Å². The summed E-state index contributed by atoms with van der Waals surface area (Å²) in [6.07, 6.45) is 0.481. The first-order chi connectivity index (χ1) is 12.0. The summed E-state index contributed by atoms with van der Waals surface area (Å²) < 4.78 is 4.99. The second-order valence-electron chi connectivity index (χ2n) is 5.79. The van der Waals surface area contributed by atoms with Gasteiger partial charge in [0.1, 0.15) is 5.84 Å². The van der Waals surface area contributed by atoms with Gasteiger partial charge >= 0.3 is 5.97 Å². The van der Waals surface area contributed by atoms with Crippen molar-refractivity contribution in [3.05, 3.63) is 65.2 Å². The smallest absolute Gasteiger partial charge is 0.363 e. The van der Waals surface area contributed by atoms with Crippen LogP contribution in [0.5, 0.6) is 0 Å². The third kappa shape index (κ3) is 3.83. The van der Waals surface area contributed by atoms with Crippen LogP contribution in [0, 0.1) is 0 Å². The Bertz CT molecular complexity index is 794. The van der Waals surface area contributed by atoms with Gasteiger partial charge in [-0.1, -0.05) is 48.0 Å². The zero-order valence-electron chi connectivity index (χ0n) is 13.9. The van der Waals surface area contributed by atoms with Gasteiger partial charge in [-0.25, -0.2) is 9.79 Å². The number of nitrogens with zero attached hydrogens (tertiary/aromatic N) is 2. The lowest BCUT2D eigenvalue weighted by atomic mass is 10.1. The van der Waals surface area contributed by atoms with Crippen LogP contribution in [-0.4, -0.2) is 35.8 Å². The van der Waals surface area contributed by atoms with Crippen LogP contribution in [0.1, 0.15) is 12.5 Å². The van der Waals surface area contributed by atoms with E-state index in [0.29, 0.717) is 17.3 Å². The van der Waals surface area contributed by atoms with Gasteiger partial charge in [0.15, 0.2) is 0 Å². The monoisotopic (exact) mass is 358 g/mol. The number of hydrogen-bond acceptors (Lipinski definition) is 5. The van der Waals surface area contributed by atoms with Gasteiger partial charge in [0.2, 0.25) is 0 Å². The van der Waals surface area contributed by atoms with Crippen molar-refractivity contribution in [3.8, 4) is 0 Å². The Kier molecular flexibility index (Phi) is 5.06. The molecule has 2 aromatic carbocycles. The molecule has 0 aliphatic carbocycles. The molecule has 130 valence electrons. The van der Waals surface area contributed by atoms with Gasteiger partial charge in [0.25, 0.3) is 5.72 Å². The minimum absolute atomic E-state index is 0.00561. The third-order valence-electron chi connectivity index (χ3n) is 3.93. The minimum Gasteiger partial charge on any atom is -0.462 e. The number of ether oxygens (including phenoxy) is 1. The fourth-order valence-corrected chi connectivity index (χ4v) is 2.96. The topological polar surface area (TPSA) is 62.1 Å². The first kappa shape index (κ1) is 17.5. The summed E-state index contributed by atoms with van der Waals surface area (Å²) in [7, 11) is 0. The lowest BCUT2D eigenvalue weighted by molar-refractivity contribution is -0.162. The van der Waals surface area contributed by atoms with Gasteiger partial charge in [0, 0.05) is 17.1 Å². The lowest BCUT2D eigenvalue weighted by Gasteiger charge is -2.23. The van der Waals surface area contributed by atoms with E-state index in [9.17, 15) is 9.90 Å². The third-order valence-corrected chi connectivity index (χ3v) is 4.17. The summed E-state index contributed by atoms with van der Waals surface area (Å²) in [4.78, 5) is 18.3. The number of amidine groups is 1. The standard InChI is InChI=1S/C19H19ClN2O3/c1-2-25-18(23)19(24)13-22(16-10-6-9-15(20)12-16)17(21-19)11-14-7-4-3-5-8-14/h3-10,12,24H,2,11,13H2,1H3. The molecular weight excluding hydrogens is 340 g/mol. The Hall–Kier alpha value is -2.37. The first-order valence-electron chi connectivity index (χ1n) is 8.07. The quantitative estimate of drug-likeness (QED) is 0.834. The Morgan fingerprint density at radius 2 is 2.04 bits per heavy atom. The number of hydrogen-bond donors (Lipinski definition) is 1. The highest BCUT2D eigenvalue weighted by Crippen LogP contribution is 2.29. The normalized spacial score (nSPS) is 19.6. The molecule has 2 aromatic rings. The Morgan fingerprint density at radius 1 is 1.28 bits per heavy atom. The molecule has 3 rings (SSSR count). The van der Waals surface area contributed by atoms with E-state index in [4.69, 9.17) is 16.3 Å². The van der Waals surface area contributed by atoms with E-state index in [-0.39, 0.29) is 13.2 Å². The maximum atomic E-state index is 12.2. The van der Waals surface area contributed by atoms with Crippen molar-refractivity contribution in [2.24, 2.45) is 4.99 Å². The van der Waals surface area contributed by atoms with E-state index >= 15 is 0 Å². The van der Waals surface area contributed by atoms with E-state index in [1.807, 2.05) is 42.5 Å². The number of halogens is 1. The molecule has 0 fully saturated rings. The van der Waals surface area contributed by atoms with Crippen molar-refractivity contribution in [2.45, 2.75) is 19.1 Å². The Balaban J connectivity index is 1.95. The average Bonchev–Trinajstić information content (AvgIpc) is 2.94. The molecule has 25 heavy (non-hydrogen) atoms. The summed E-state index contributed by atoms with van der Waals surface area (Å²) in [5, 5.41) is 11.3. The zero-order chi connectivity index (χ0) is 17.9. The molecule has 0 spiro atoms. The van der Waals surface area contributed by atoms with Crippen LogP contribution in [0.15, 0.2) is 59.6 Å². The number of carbonyl (C=O) groups excluding carboxylic acids is 1. The SMILES string of the molecule is CCOC(=O)C1(O)CN(c2cccc(Cl)c2)C(Cc2ccccc2)=N1. The van der Waals surface area contributed by atoms with Gasteiger partial charge in [-0.2, -0.15) is 0 Å². The summed E-state index contributed by atoms with van der Waals surface area (Å²) >= 11 is 6.09. The molecule has 0 saturated carbocycles. The number of carbonyl (C=O) groups is 1. The van der Waals surface area contributed by atoms with E-state index in [1.165, 1.54) is 0 Å².